The minimum absolute atomic E-state index is 0.0860. The van der Waals surface area contributed by atoms with Gasteiger partial charge in [0.25, 0.3) is 0 Å². The van der Waals surface area contributed by atoms with Gasteiger partial charge in [0.05, 0.1) is 6.54 Å². The van der Waals surface area contributed by atoms with Crippen molar-refractivity contribution in [1.82, 2.24) is 4.90 Å². The zero-order chi connectivity index (χ0) is 15.7. The van der Waals surface area contributed by atoms with E-state index in [4.69, 9.17) is 9.47 Å². The zero-order valence-electron chi connectivity index (χ0n) is 12.9. The number of hydrogen-bond donors (Lipinski definition) is 0. The van der Waals surface area contributed by atoms with Crippen LogP contribution < -0.4 is 0 Å². The Balaban J connectivity index is 1.34. The molecule has 2 aromatic rings. The van der Waals surface area contributed by atoms with Crippen molar-refractivity contribution < 1.29 is 14.3 Å². The van der Waals surface area contributed by atoms with Crippen molar-refractivity contribution in [3.8, 4) is 0 Å². The number of fused-ring (bicyclic) bond motifs is 1. The van der Waals surface area contributed by atoms with Crippen molar-refractivity contribution in [2.75, 3.05) is 13.1 Å². The van der Waals surface area contributed by atoms with E-state index in [9.17, 15) is 4.79 Å². The number of carbonyl (C=O) groups is 1. The van der Waals surface area contributed by atoms with Crippen LogP contribution in [-0.4, -0.2) is 30.2 Å². The lowest BCUT2D eigenvalue weighted by Gasteiger charge is -2.28. The fraction of sp³-hybridized carbons (Fsp3) is 0.316. The Morgan fingerprint density at radius 3 is 2.52 bits per heavy atom. The standard InChI is InChI=1S/C19H19NO3/c21-18(22-14-15-7-3-1-4-8-15)20-12-11-19(17(13-20)23-19)16-9-5-2-6-10-16/h1-10,17H,11-14H2. The number of carbonyl (C=O) groups excluding carboxylic acids is 1. The molecule has 4 rings (SSSR count). The molecule has 0 N–H and O–H groups in total. The van der Waals surface area contributed by atoms with Crippen LogP contribution in [0.3, 0.4) is 0 Å². The van der Waals surface area contributed by atoms with Gasteiger partial charge < -0.3 is 14.4 Å². The molecule has 2 aliphatic rings. The van der Waals surface area contributed by atoms with Crippen molar-refractivity contribution in [1.29, 1.82) is 0 Å². The number of hydrogen-bond acceptors (Lipinski definition) is 3. The van der Waals surface area contributed by atoms with E-state index in [-0.39, 0.29) is 17.8 Å². The van der Waals surface area contributed by atoms with Gasteiger partial charge in [0, 0.05) is 13.0 Å². The van der Waals surface area contributed by atoms with Gasteiger partial charge in [0.15, 0.2) is 0 Å². The molecule has 2 heterocycles. The molecule has 1 amide bonds. The van der Waals surface area contributed by atoms with Gasteiger partial charge in [-0.1, -0.05) is 60.7 Å². The van der Waals surface area contributed by atoms with Crippen molar-refractivity contribution in [3.63, 3.8) is 0 Å². The van der Waals surface area contributed by atoms with Crippen LogP contribution in [0.1, 0.15) is 17.5 Å². The Morgan fingerprint density at radius 1 is 1.13 bits per heavy atom. The van der Waals surface area contributed by atoms with Crippen LogP contribution in [0, 0.1) is 0 Å². The lowest BCUT2D eigenvalue weighted by Crippen LogP contribution is -2.42. The topological polar surface area (TPSA) is 42.1 Å². The van der Waals surface area contributed by atoms with E-state index in [1.165, 1.54) is 5.56 Å². The van der Waals surface area contributed by atoms with Gasteiger partial charge in [-0.25, -0.2) is 4.79 Å². The Kier molecular flexibility index (Phi) is 3.54. The summed E-state index contributed by atoms with van der Waals surface area (Å²) in [6.07, 6.45) is 0.649. The van der Waals surface area contributed by atoms with Crippen LogP contribution in [0.5, 0.6) is 0 Å². The molecule has 2 aliphatic heterocycles. The summed E-state index contributed by atoms with van der Waals surface area (Å²) in [6, 6.07) is 20.0. The van der Waals surface area contributed by atoms with E-state index >= 15 is 0 Å². The molecule has 0 saturated carbocycles. The Labute approximate surface area is 135 Å². The van der Waals surface area contributed by atoms with E-state index in [0.717, 1.165) is 12.0 Å². The van der Waals surface area contributed by atoms with Crippen LogP contribution in [0.4, 0.5) is 4.79 Å². The maximum absolute atomic E-state index is 12.2. The molecule has 23 heavy (non-hydrogen) atoms. The number of piperidine rings is 1. The molecule has 0 radical (unpaired) electrons. The quantitative estimate of drug-likeness (QED) is 0.817. The SMILES string of the molecule is O=C(OCc1ccccc1)N1CCC2(c3ccccc3)OC2C1. The maximum atomic E-state index is 12.2. The van der Waals surface area contributed by atoms with Gasteiger partial charge in [0.1, 0.15) is 18.3 Å². The molecule has 2 aromatic carbocycles. The van der Waals surface area contributed by atoms with Gasteiger partial charge in [-0.2, -0.15) is 0 Å². The third kappa shape index (κ3) is 2.70. The predicted octanol–water partition coefficient (Wildman–Crippen LogP) is 3.32. The minimum Gasteiger partial charge on any atom is -0.445 e. The second kappa shape index (κ2) is 5.70. The largest absolute Gasteiger partial charge is 0.445 e. The first-order valence-electron chi connectivity index (χ1n) is 7.97. The summed E-state index contributed by atoms with van der Waals surface area (Å²) in [6.45, 7) is 1.58. The predicted molar refractivity (Wildman–Crippen MR) is 85.8 cm³/mol. The minimum atomic E-state index is -0.258. The third-order valence-corrected chi connectivity index (χ3v) is 4.68. The summed E-state index contributed by atoms with van der Waals surface area (Å²) in [5.41, 5.74) is 2.03. The molecule has 2 fully saturated rings. The summed E-state index contributed by atoms with van der Waals surface area (Å²) in [4.78, 5) is 14.0. The summed E-state index contributed by atoms with van der Waals surface area (Å²) in [5.74, 6) is 0. The lowest BCUT2D eigenvalue weighted by atomic mass is 9.89. The molecule has 0 bridgehead atoms. The molecule has 4 heteroatoms. The molecular formula is C19H19NO3. The molecule has 0 spiro atoms. The fourth-order valence-corrected chi connectivity index (χ4v) is 3.31. The highest BCUT2D eigenvalue weighted by Gasteiger charge is 2.60. The van der Waals surface area contributed by atoms with Gasteiger partial charge in [0.2, 0.25) is 0 Å². The first-order valence-corrected chi connectivity index (χ1v) is 7.97. The number of ether oxygens (including phenoxy) is 2. The van der Waals surface area contributed by atoms with Crippen LogP contribution in [0.25, 0.3) is 0 Å². The summed E-state index contributed by atoms with van der Waals surface area (Å²) < 4.78 is 11.3. The number of amides is 1. The Hall–Kier alpha value is -2.33. The van der Waals surface area contributed by atoms with Gasteiger partial charge >= 0.3 is 6.09 Å². The fourth-order valence-electron chi connectivity index (χ4n) is 3.31. The monoisotopic (exact) mass is 309 g/mol. The second-order valence-corrected chi connectivity index (χ2v) is 6.10. The van der Waals surface area contributed by atoms with Gasteiger partial charge in [-0.05, 0) is 11.1 Å². The average Bonchev–Trinajstić information content (AvgIpc) is 3.36. The van der Waals surface area contributed by atoms with Gasteiger partial charge in [-0.3, -0.25) is 0 Å². The van der Waals surface area contributed by atoms with Crippen molar-refractivity contribution in [3.05, 3.63) is 71.8 Å². The highest BCUT2D eigenvalue weighted by molar-refractivity contribution is 5.68. The summed E-state index contributed by atoms with van der Waals surface area (Å²) in [5, 5.41) is 0. The normalized spacial score (nSPS) is 25.6. The maximum Gasteiger partial charge on any atom is 0.410 e. The van der Waals surface area contributed by atoms with Crippen LogP contribution in [0.15, 0.2) is 60.7 Å². The highest BCUT2D eigenvalue weighted by atomic mass is 16.6. The number of epoxide rings is 1. The van der Waals surface area contributed by atoms with E-state index in [1.807, 2.05) is 48.5 Å². The molecule has 0 aliphatic carbocycles. The molecule has 118 valence electrons. The van der Waals surface area contributed by atoms with E-state index in [1.54, 1.807) is 4.90 Å². The number of rotatable bonds is 3. The second-order valence-electron chi connectivity index (χ2n) is 6.10. The summed E-state index contributed by atoms with van der Waals surface area (Å²) in [7, 11) is 0. The first-order chi connectivity index (χ1) is 11.3. The van der Waals surface area contributed by atoms with E-state index in [2.05, 4.69) is 12.1 Å². The molecular weight excluding hydrogens is 290 g/mol. The molecule has 0 aromatic heterocycles. The smallest absolute Gasteiger partial charge is 0.410 e. The molecule has 4 nitrogen and oxygen atoms in total. The summed E-state index contributed by atoms with van der Waals surface area (Å²) >= 11 is 0. The van der Waals surface area contributed by atoms with Crippen LogP contribution in [-0.2, 0) is 21.7 Å². The van der Waals surface area contributed by atoms with Crippen molar-refractivity contribution in [2.24, 2.45) is 0 Å². The number of likely N-dealkylation sites (tertiary alicyclic amines) is 1. The molecule has 2 atom stereocenters. The van der Waals surface area contributed by atoms with Crippen molar-refractivity contribution in [2.45, 2.75) is 24.7 Å². The highest BCUT2D eigenvalue weighted by Crippen LogP contribution is 2.51. The number of nitrogens with zero attached hydrogens (tertiary/aromatic N) is 1. The third-order valence-electron chi connectivity index (χ3n) is 4.68. The van der Waals surface area contributed by atoms with E-state index < -0.39 is 0 Å². The average molecular weight is 309 g/mol. The van der Waals surface area contributed by atoms with Crippen LogP contribution in [0.2, 0.25) is 0 Å². The zero-order valence-corrected chi connectivity index (χ0v) is 12.9. The molecule has 2 unspecified atom stereocenters. The number of benzene rings is 2. The Bertz CT molecular complexity index is 688. The van der Waals surface area contributed by atoms with Crippen LogP contribution >= 0.6 is 0 Å². The van der Waals surface area contributed by atoms with E-state index in [0.29, 0.717) is 19.7 Å². The molecule has 2 saturated heterocycles. The van der Waals surface area contributed by atoms with Crippen molar-refractivity contribution >= 4 is 6.09 Å². The lowest BCUT2D eigenvalue weighted by molar-refractivity contribution is 0.0896. The first kappa shape index (κ1) is 14.3. The Morgan fingerprint density at radius 2 is 1.83 bits per heavy atom. The van der Waals surface area contributed by atoms with Gasteiger partial charge in [-0.15, -0.1) is 0 Å².